The number of anilines is 1. The van der Waals surface area contributed by atoms with Crippen LogP contribution in [-0.4, -0.2) is 30.9 Å². The monoisotopic (exact) mass is 340 g/mol. The number of nitro benzene ring substituents is 1. The summed E-state index contributed by atoms with van der Waals surface area (Å²) in [5, 5.41) is 9.77. The van der Waals surface area contributed by atoms with E-state index in [1.165, 1.54) is 13.0 Å². The Morgan fingerprint density at radius 2 is 2.05 bits per heavy atom. The van der Waals surface area contributed by atoms with Gasteiger partial charge in [0.2, 0.25) is 15.3 Å². The smallest absolute Gasteiger partial charge is 0.271 e. The number of rotatable bonds is 6. The summed E-state index contributed by atoms with van der Waals surface area (Å²) in [6, 6.07) is 3.30. The molecule has 7 nitrogen and oxygen atoms in total. The van der Waals surface area contributed by atoms with Gasteiger partial charge in [-0.1, -0.05) is 11.6 Å². The summed E-state index contributed by atoms with van der Waals surface area (Å²) in [6.45, 7) is 0.713. The zero-order valence-corrected chi connectivity index (χ0v) is 12.6. The Morgan fingerprint density at radius 1 is 1.45 bits per heavy atom. The third-order valence-corrected chi connectivity index (χ3v) is 4.54. The summed E-state index contributed by atoms with van der Waals surface area (Å²) >= 11 is 11.1. The average molecular weight is 341 g/mol. The molecule has 1 aromatic rings. The van der Waals surface area contributed by atoms with Crippen LogP contribution in [0.5, 0.6) is 0 Å². The van der Waals surface area contributed by atoms with Crippen LogP contribution in [0.1, 0.15) is 6.92 Å². The Balaban J connectivity index is 3.44. The molecule has 0 saturated carbocycles. The molecule has 0 aromatic heterocycles. The number of halogens is 2. The molecule has 10 heteroatoms. The number of non-ortho nitro benzene ring substituents is 1. The van der Waals surface area contributed by atoms with Crippen LogP contribution in [0, 0.1) is 10.1 Å². The van der Waals surface area contributed by atoms with Crippen molar-refractivity contribution in [3.63, 3.8) is 0 Å². The van der Waals surface area contributed by atoms with Crippen LogP contribution in [0.3, 0.4) is 0 Å². The highest BCUT2D eigenvalue weighted by Gasteiger charge is 2.26. The first-order valence-electron chi connectivity index (χ1n) is 5.31. The largest absolute Gasteiger partial charge is 0.279 e. The highest BCUT2D eigenvalue weighted by atomic mass is 35.5. The fraction of sp³-hybridized carbons (Fsp3) is 0.300. The van der Waals surface area contributed by atoms with E-state index in [1.54, 1.807) is 0 Å². The normalized spacial score (nSPS) is 11.2. The minimum atomic E-state index is -3.85. The Morgan fingerprint density at radius 3 is 2.50 bits per heavy atom. The molecule has 20 heavy (non-hydrogen) atoms. The van der Waals surface area contributed by atoms with Crippen molar-refractivity contribution in [1.29, 1.82) is 0 Å². The zero-order chi connectivity index (χ0) is 15.5. The van der Waals surface area contributed by atoms with Gasteiger partial charge in [0.15, 0.2) is 0 Å². The number of nitro groups is 1. The third-order valence-electron chi connectivity index (χ3n) is 2.38. The first-order valence-corrected chi connectivity index (χ1v) is 7.68. The molecule has 0 N–H and O–H groups in total. The predicted octanol–water partition coefficient (Wildman–Crippen LogP) is 2.17. The Bertz CT molecular complexity index is 647. The maximum atomic E-state index is 12.0. The zero-order valence-electron chi connectivity index (χ0n) is 10.2. The lowest BCUT2D eigenvalue weighted by Gasteiger charge is -2.22. The van der Waals surface area contributed by atoms with Crippen molar-refractivity contribution in [2.24, 2.45) is 0 Å². The molecule has 0 unspecified atom stereocenters. The molecule has 0 spiro atoms. The lowest BCUT2D eigenvalue weighted by atomic mass is 10.3. The van der Waals surface area contributed by atoms with Crippen LogP contribution in [0.25, 0.3) is 0 Å². The molecule has 0 saturated heterocycles. The maximum Gasteiger partial charge on any atom is 0.271 e. The molecule has 0 amide bonds. The van der Waals surface area contributed by atoms with Crippen molar-refractivity contribution in [3.05, 3.63) is 33.3 Å². The highest BCUT2D eigenvalue weighted by Crippen LogP contribution is 2.32. The van der Waals surface area contributed by atoms with E-state index in [9.17, 15) is 23.3 Å². The first kappa shape index (κ1) is 16.7. The molecule has 0 aliphatic heterocycles. The summed E-state index contributed by atoms with van der Waals surface area (Å²) in [5.74, 6) is -0.309. The van der Waals surface area contributed by atoms with Gasteiger partial charge in [0.25, 0.3) is 5.69 Å². The lowest BCUT2D eigenvalue weighted by Crippen LogP contribution is -2.35. The van der Waals surface area contributed by atoms with Gasteiger partial charge >= 0.3 is 0 Å². The quantitative estimate of drug-likeness (QED) is 0.449. The van der Waals surface area contributed by atoms with Crippen molar-refractivity contribution in [2.75, 3.05) is 16.6 Å². The van der Waals surface area contributed by atoms with E-state index in [1.807, 2.05) is 0 Å². The number of carbonyl (C=O) groups excluding carboxylic acids is 1. The SMILES string of the molecule is CCS(=O)(=O)N(CC(=O)Cl)c1cc([N+](=O)[O-])ccc1Cl. The van der Waals surface area contributed by atoms with Gasteiger partial charge < -0.3 is 0 Å². The van der Waals surface area contributed by atoms with Crippen LogP contribution in [-0.2, 0) is 14.8 Å². The number of sulfonamides is 1. The molecule has 0 aliphatic rings. The highest BCUT2D eigenvalue weighted by molar-refractivity contribution is 7.92. The summed E-state index contributed by atoms with van der Waals surface area (Å²) in [6.07, 6.45) is 0. The molecular formula is C10H10Cl2N2O5S. The van der Waals surface area contributed by atoms with Crippen LogP contribution < -0.4 is 4.31 Å². The summed E-state index contributed by atoms with van der Waals surface area (Å²) in [7, 11) is -3.85. The minimum Gasteiger partial charge on any atom is -0.279 e. The molecule has 0 heterocycles. The van der Waals surface area contributed by atoms with Gasteiger partial charge in [-0.05, 0) is 24.6 Å². The third kappa shape index (κ3) is 3.81. The van der Waals surface area contributed by atoms with E-state index in [0.717, 1.165) is 12.1 Å². The number of hydrogen-bond acceptors (Lipinski definition) is 5. The van der Waals surface area contributed by atoms with Crippen molar-refractivity contribution >= 4 is 49.8 Å². The average Bonchev–Trinajstić information content (AvgIpc) is 2.36. The number of hydrogen-bond donors (Lipinski definition) is 0. The van der Waals surface area contributed by atoms with Crippen molar-refractivity contribution in [2.45, 2.75) is 6.92 Å². The number of benzene rings is 1. The van der Waals surface area contributed by atoms with Crippen LogP contribution in [0.15, 0.2) is 18.2 Å². The van der Waals surface area contributed by atoms with Crippen LogP contribution >= 0.6 is 23.2 Å². The second-order valence-electron chi connectivity index (χ2n) is 3.66. The predicted molar refractivity (Wildman–Crippen MR) is 75.8 cm³/mol. The lowest BCUT2D eigenvalue weighted by molar-refractivity contribution is -0.384. The summed E-state index contributed by atoms with van der Waals surface area (Å²) in [5.41, 5.74) is -0.501. The van der Waals surface area contributed by atoms with Crippen molar-refractivity contribution in [3.8, 4) is 0 Å². The molecule has 0 atom stereocenters. The number of nitrogens with zero attached hydrogens (tertiary/aromatic N) is 2. The van der Waals surface area contributed by atoms with Crippen molar-refractivity contribution < 1.29 is 18.1 Å². The van der Waals surface area contributed by atoms with Crippen LogP contribution in [0.2, 0.25) is 5.02 Å². The van der Waals surface area contributed by atoms with E-state index in [2.05, 4.69) is 0 Å². The van der Waals surface area contributed by atoms with E-state index in [4.69, 9.17) is 23.2 Å². The molecule has 0 radical (unpaired) electrons. The minimum absolute atomic E-state index is 0.0365. The fourth-order valence-corrected chi connectivity index (χ4v) is 2.94. The van der Waals surface area contributed by atoms with E-state index >= 15 is 0 Å². The Kier molecular flexibility index (Phi) is 5.32. The topological polar surface area (TPSA) is 97.6 Å². The van der Waals surface area contributed by atoms with Gasteiger partial charge in [0.05, 0.1) is 21.4 Å². The summed E-state index contributed by atoms with van der Waals surface area (Å²) in [4.78, 5) is 21.0. The molecule has 1 rings (SSSR count). The molecule has 0 fully saturated rings. The Labute approximate surface area is 125 Å². The van der Waals surface area contributed by atoms with Gasteiger partial charge in [0, 0.05) is 12.1 Å². The van der Waals surface area contributed by atoms with E-state index in [-0.39, 0.29) is 22.2 Å². The standard InChI is InChI=1S/C10H10Cl2N2O5S/c1-2-20(18,19)13(6-10(12)15)9-5-7(14(16)17)3-4-8(9)11/h3-5H,2,6H2,1H3. The molecule has 110 valence electrons. The molecule has 0 aliphatic carbocycles. The first-order chi connectivity index (χ1) is 9.19. The molecule has 1 aromatic carbocycles. The Hall–Kier alpha value is -1.38. The van der Waals surface area contributed by atoms with Gasteiger partial charge in [0.1, 0.15) is 6.54 Å². The van der Waals surface area contributed by atoms with Gasteiger partial charge in [-0.15, -0.1) is 0 Å². The molecule has 0 bridgehead atoms. The fourth-order valence-electron chi connectivity index (χ4n) is 1.41. The number of carbonyl (C=O) groups is 1. The second-order valence-corrected chi connectivity index (χ2v) is 6.67. The second kappa shape index (κ2) is 6.38. The van der Waals surface area contributed by atoms with Gasteiger partial charge in [-0.25, -0.2) is 8.42 Å². The van der Waals surface area contributed by atoms with Crippen molar-refractivity contribution in [1.82, 2.24) is 0 Å². The molecular weight excluding hydrogens is 331 g/mol. The summed E-state index contributed by atoms with van der Waals surface area (Å²) < 4.78 is 24.6. The van der Waals surface area contributed by atoms with Crippen LogP contribution in [0.4, 0.5) is 11.4 Å². The van der Waals surface area contributed by atoms with E-state index in [0.29, 0.717) is 4.31 Å². The van der Waals surface area contributed by atoms with Gasteiger partial charge in [-0.3, -0.25) is 19.2 Å². The maximum absolute atomic E-state index is 12.0. The van der Waals surface area contributed by atoms with E-state index < -0.39 is 26.7 Å². The van der Waals surface area contributed by atoms with Gasteiger partial charge in [-0.2, -0.15) is 0 Å².